The summed E-state index contributed by atoms with van der Waals surface area (Å²) in [6.45, 7) is 1.12. The number of carbonyl (C=O) groups excluding carboxylic acids is 4. The minimum atomic E-state index is -0.604. The van der Waals surface area contributed by atoms with Gasteiger partial charge >= 0.3 is 0 Å². The van der Waals surface area contributed by atoms with Gasteiger partial charge in [0.1, 0.15) is 12.3 Å². The molecule has 0 spiro atoms. The number of nitrogens with zero attached hydrogens (tertiary/aromatic N) is 1. The molecule has 1 aromatic carbocycles. The molecule has 7 nitrogen and oxygen atoms in total. The number of rotatable bonds is 6. The van der Waals surface area contributed by atoms with Gasteiger partial charge in [0, 0.05) is 34.3 Å². The monoisotopic (exact) mass is 398 g/mol. The molecule has 2 aliphatic rings. The first-order valence-corrected chi connectivity index (χ1v) is 9.80. The Morgan fingerprint density at radius 1 is 1.18 bits per heavy atom. The fourth-order valence-corrected chi connectivity index (χ4v) is 4.45. The quantitative estimate of drug-likeness (QED) is 0.594. The number of carbonyl (C=O) groups is 4. The van der Waals surface area contributed by atoms with Crippen LogP contribution in [0.15, 0.2) is 29.6 Å². The Bertz CT molecular complexity index is 950. The number of imide groups is 1. The fraction of sp³-hybridized carbons (Fsp3) is 0.300. The number of piperidine rings is 1. The van der Waals surface area contributed by atoms with Crippen molar-refractivity contribution in [3.63, 3.8) is 0 Å². The number of hydrogen-bond donors (Lipinski definition) is 1. The van der Waals surface area contributed by atoms with Gasteiger partial charge in [0.15, 0.2) is 0 Å². The highest BCUT2D eigenvalue weighted by Gasteiger charge is 2.40. The summed E-state index contributed by atoms with van der Waals surface area (Å²) in [6.07, 6.45) is 1.39. The lowest BCUT2D eigenvalue weighted by molar-refractivity contribution is -0.136. The van der Waals surface area contributed by atoms with Crippen LogP contribution in [-0.4, -0.2) is 34.9 Å². The standard InChI is InChI=1S/C20H18N2O5S/c23-8-12-1-3-13(4-2-12)9-27-10-17-14-7-22(20(26)15(14)11-28-17)16-5-6-18(24)21-19(16)25/h1-4,8,11,16H,5-7,9-10H2,(H,21,24,25)/t16-/m0/s1. The molecule has 4 rings (SSSR count). The van der Waals surface area contributed by atoms with E-state index in [9.17, 15) is 19.2 Å². The van der Waals surface area contributed by atoms with Crippen LogP contribution in [0.25, 0.3) is 0 Å². The third-order valence-corrected chi connectivity index (χ3v) is 6.01. The Morgan fingerprint density at radius 2 is 1.96 bits per heavy atom. The first-order valence-electron chi connectivity index (χ1n) is 8.92. The van der Waals surface area contributed by atoms with E-state index in [1.54, 1.807) is 22.4 Å². The van der Waals surface area contributed by atoms with Crippen molar-refractivity contribution in [2.45, 2.75) is 38.6 Å². The van der Waals surface area contributed by atoms with Crippen LogP contribution in [0.5, 0.6) is 0 Å². The Labute approximate surface area is 165 Å². The molecule has 3 amide bonds. The van der Waals surface area contributed by atoms with Crippen molar-refractivity contribution >= 4 is 35.3 Å². The van der Waals surface area contributed by atoms with Crippen molar-refractivity contribution in [3.8, 4) is 0 Å². The Hall–Kier alpha value is -2.84. The predicted molar refractivity (Wildman–Crippen MR) is 101 cm³/mol. The minimum Gasteiger partial charge on any atom is -0.371 e. The SMILES string of the molecule is O=Cc1ccc(COCc2scc3c2CN([C@H]2CCC(=O)NC2=O)C3=O)cc1. The number of thiophene rings is 1. The van der Waals surface area contributed by atoms with Gasteiger partial charge in [0.2, 0.25) is 11.8 Å². The summed E-state index contributed by atoms with van der Waals surface area (Å²) in [5, 5.41) is 4.11. The average molecular weight is 398 g/mol. The molecule has 0 radical (unpaired) electrons. The highest BCUT2D eigenvalue weighted by Crippen LogP contribution is 2.34. The molecule has 8 heteroatoms. The van der Waals surface area contributed by atoms with E-state index in [1.165, 1.54) is 11.3 Å². The van der Waals surface area contributed by atoms with E-state index in [1.807, 2.05) is 12.1 Å². The van der Waals surface area contributed by atoms with E-state index in [0.29, 0.717) is 37.3 Å². The zero-order valence-electron chi connectivity index (χ0n) is 15.0. The summed E-state index contributed by atoms with van der Waals surface area (Å²) >= 11 is 1.47. The molecule has 1 aromatic heterocycles. The van der Waals surface area contributed by atoms with E-state index in [0.717, 1.165) is 22.3 Å². The van der Waals surface area contributed by atoms with Crippen molar-refractivity contribution in [1.82, 2.24) is 10.2 Å². The molecule has 144 valence electrons. The lowest BCUT2D eigenvalue weighted by Gasteiger charge is -2.29. The summed E-state index contributed by atoms with van der Waals surface area (Å²) in [7, 11) is 0. The highest BCUT2D eigenvalue weighted by atomic mass is 32.1. The second-order valence-electron chi connectivity index (χ2n) is 6.80. The molecule has 0 bridgehead atoms. The van der Waals surface area contributed by atoms with Gasteiger partial charge < -0.3 is 9.64 Å². The van der Waals surface area contributed by atoms with Gasteiger partial charge in [0.25, 0.3) is 5.91 Å². The second kappa shape index (κ2) is 7.65. The van der Waals surface area contributed by atoms with Crippen LogP contribution in [0.2, 0.25) is 0 Å². The molecule has 0 unspecified atom stereocenters. The molecule has 28 heavy (non-hydrogen) atoms. The van der Waals surface area contributed by atoms with Gasteiger partial charge in [-0.05, 0) is 12.0 Å². The van der Waals surface area contributed by atoms with Crippen molar-refractivity contribution in [3.05, 3.63) is 56.8 Å². The maximum atomic E-state index is 12.7. The van der Waals surface area contributed by atoms with Crippen LogP contribution in [0, 0.1) is 0 Å². The Kier molecular flexibility index (Phi) is 5.06. The lowest BCUT2D eigenvalue weighted by atomic mass is 10.0. The average Bonchev–Trinajstić information content (AvgIpc) is 3.23. The van der Waals surface area contributed by atoms with E-state index in [4.69, 9.17) is 4.74 Å². The van der Waals surface area contributed by atoms with Crippen LogP contribution >= 0.6 is 11.3 Å². The summed E-state index contributed by atoms with van der Waals surface area (Å²) in [5.74, 6) is -0.871. The Morgan fingerprint density at radius 3 is 2.68 bits per heavy atom. The molecular formula is C20H18N2O5S. The molecule has 1 fully saturated rings. The topological polar surface area (TPSA) is 92.8 Å². The third-order valence-electron chi connectivity index (χ3n) is 5.00. The molecule has 1 saturated heterocycles. The Balaban J connectivity index is 1.39. The van der Waals surface area contributed by atoms with Gasteiger partial charge in [-0.3, -0.25) is 24.5 Å². The van der Waals surface area contributed by atoms with Crippen molar-refractivity contribution in [1.29, 1.82) is 0 Å². The number of benzene rings is 1. The number of amides is 3. The van der Waals surface area contributed by atoms with Gasteiger partial charge in [-0.15, -0.1) is 11.3 Å². The van der Waals surface area contributed by atoms with Crippen molar-refractivity contribution in [2.75, 3.05) is 0 Å². The molecular weight excluding hydrogens is 380 g/mol. The van der Waals surface area contributed by atoms with Crippen LogP contribution < -0.4 is 5.32 Å². The lowest BCUT2D eigenvalue weighted by Crippen LogP contribution is -2.52. The maximum Gasteiger partial charge on any atom is 0.256 e. The van der Waals surface area contributed by atoms with Gasteiger partial charge in [0.05, 0.1) is 18.8 Å². The highest BCUT2D eigenvalue weighted by molar-refractivity contribution is 7.10. The largest absolute Gasteiger partial charge is 0.371 e. The molecule has 2 aliphatic heterocycles. The summed E-state index contributed by atoms with van der Waals surface area (Å²) in [5.41, 5.74) is 3.09. The summed E-state index contributed by atoms with van der Waals surface area (Å²) in [4.78, 5) is 49.3. The number of aldehydes is 1. The van der Waals surface area contributed by atoms with Crippen LogP contribution in [0.3, 0.4) is 0 Å². The van der Waals surface area contributed by atoms with Crippen LogP contribution in [0.4, 0.5) is 0 Å². The maximum absolute atomic E-state index is 12.7. The van der Waals surface area contributed by atoms with E-state index in [-0.39, 0.29) is 18.2 Å². The first kappa shape index (κ1) is 18.5. The van der Waals surface area contributed by atoms with E-state index < -0.39 is 11.9 Å². The van der Waals surface area contributed by atoms with Gasteiger partial charge in [-0.1, -0.05) is 24.3 Å². The molecule has 3 heterocycles. The first-order chi connectivity index (χ1) is 13.6. The second-order valence-corrected chi connectivity index (χ2v) is 7.77. The number of hydrogen-bond acceptors (Lipinski definition) is 6. The molecule has 1 atom stereocenters. The minimum absolute atomic E-state index is 0.170. The van der Waals surface area contributed by atoms with Gasteiger partial charge in [-0.25, -0.2) is 0 Å². The smallest absolute Gasteiger partial charge is 0.256 e. The summed E-state index contributed by atoms with van der Waals surface area (Å²) < 4.78 is 5.78. The number of nitrogens with one attached hydrogen (secondary N) is 1. The van der Waals surface area contributed by atoms with E-state index >= 15 is 0 Å². The van der Waals surface area contributed by atoms with Gasteiger partial charge in [-0.2, -0.15) is 0 Å². The predicted octanol–water partition coefficient (Wildman–Crippen LogP) is 2.04. The zero-order valence-corrected chi connectivity index (χ0v) is 15.8. The molecule has 0 saturated carbocycles. The zero-order chi connectivity index (χ0) is 19.7. The number of ether oxygens (including phenoxy) is 1. The molecule has 2 aromatic rings. The normalized spacial score (nSPS) is 18.9. The molecule has 1 N–H and O–H groups in total. The van der Waals surface area contributed by atoms with Crippen LogP contribution in [0.1, 0.15) is 49.6 Å². The number of fused-ring (bicyclic) bond motifs is 1. The third kappa shape index (κ3) is 3.48. The summed E-state index contributed by atoms with van der Waals surface area (Å²) in [6, 6.07) is 6.57. The van der Waals surface area contributed by atoms with Crippen molar-refractivity contribution < 1.29 is 23.9 Å². The molecule has 0 aliphatic carbocycles. The van der Waals surface area contributed by atoms with Crippen molar-refractivity contribution in [2.24, 2.45) is 0 Å². The van der Waals surface area contributed by atoms with Crippen LogP contribution in [-0.2, 0) is 34.1 Å². The van der Waals surface area contributed by atoms with E-state index in [2.05, 4.69) is 5.32 Å². The fourth-order valence-electron chi connectivity index (χ4n) is 3.48.